The Balaban J connectivity index is 1.76. The van der Waals surface area contributed by atoms with Crippen molar-refractivity contribution in [1.82, 2.24) is 4.31 Å². The van der Waals surface area contributed by atoms with Gasteiger partial charge in [0, 0.05) is 19.6 Å². The maximum absolute atomic E-state index is 14.8. The monoisotopic (exact) mass is 486 g/mol. The number of anilines is 1. The van der Waals surface area contributed by atoms with Crippen LogP contribution in [0.4, 0.5) is 10.1 Å². The molecule has 0 aromatic heterocycles. The molecule has 0 atom stereocenters. The lowest BCUT2D eigenvalue weighted by Crippen LogP contribution is -2.41. The van der Waals surface area contributed by atoms with E-state index in [1.165, 1.54) is 27.4 Å². The molecule has 2 aliphatic heterocycles. The van der Waals surface area contributed by atoms with Crippen LogP contribution in [0, 0.1) is 12.7 Å². The molecule has 31 heavy (non-hydrogen) atoms. The second kappa shape index (κ2) is 8.67. The lowest BCUT2D eigenvalue weighted by atomic mass is 9.98. The molecule has 1 saturated heterocycles. The highest BCUT2D eigenvalue weighted by Gasteiger charge is 2.33. The predicted molar refractivity (Wildman–Crippen MR) is 117 cm³/mol. The summed E-state index contributed by atoms with van der Waals surface area (Å²) in [4.78, 5) is 14.5. The number of halogens is 3. The number of morpholine rings is 1. The predicted octanol–water partition coefficient (Wildman–Crippen LogP) is 4.05. The van der Waals surface area contributed by atoms with Crippen molar-refractivity contribution in [1.29, 1.82) is 0 Å². The Hall–Kier alpha value is -1.71. The van der Waals surface area contributed by atoms with Crippen LogP contribution in [0.5, 0.6) is 0 Å². The number of carbonyl (C=O) groups is 1. The minimum atomic E-state index is -3.95. The fraction of sp³-hybridized carbons (Fsp3) is 0.381. The van der Waals surface area contributed by atoms with E-state index in [9.17, 15) is 17.6 Å². The summed E-state index contributed by atoms with van der Waals surface area (Å²) >= 11 is 12.5. The van der Waals surface area contributed by atoms with Crippen LogP contribution in [0.1, 0.15) is 27.9 Å². The molecule has 2 heterocycles. The van der Waals surface area contributed by atoms with Crippen LogP contribution in [0.3, 0.4) is 0 Å². The van der Waals surface area contributed by atoms with Crippen molar-refractivity contribution in [2.45, 2.75) is 24.7 Å². The number of aryl methyl sites for hydroxylation is 2. The molecule has 166 valence electrons. The zero-order chi connectivity index (χ0) is 22.3. The minimum Gasteiger partial charge on any atom is -0.379 e. The number of amides is 1. The van der Waals surface area contributed by atoms with Crippen molar-refractivity contribution in [3.05, 3.63) is 56.8 Å². The zero-order valence-corrected chi connectivity index (χ0v) is 19.2. The Labute approximate surface area is 190 Å². The van der Waals surface area contributed by atoms with E-state index in [1.807, 2.05) is 6.07 Å². The standard InChI is InChI=1S/C21H21Cl2FN2O4S/c1-13-9-14-3-2-4-26(20(14)18(24)10-13)21(27)15-11-19(17(23)12-16(15)22)31(28,29)25-5-7-30-8-6-25/h9-12H,2-8H2,1H3. The average Bonchev–Trinajstić information content (AvgIpc) is 2.73. The smallest absolute Gasteiger partial charge is 0.259 e. The molecule has 2 aliphatic rings. The van der Waals surface area contributed by atoms with Crippen molar-refractivity contribution in [3.63, 3.8) is 0 Å². The molecule has 10 heteroatoms. The summed E-state index contributed by atoms with van der Waals surface area (Å²) in [5, 5.41) is -0.0653. The molecule has 0 bridgehead atoms. The fourth-order valence-electron chi connectivity index (χ4n) is 4.00. The van der Waals surface area contributed by atoms with Crippen molar-refractivity contribution in [2.24, 2.45) is 0 Å². The summed E-state index contributed by atoms with van der Waals surface area (Å²) in [5.74, 6) is -1.06. The highest BCUT2D eigenvalue weighted by molar-refractivity contribution is 7.89. The quantitative estimate of drug-likeness (QED) is 0.655. The number of nitrogens with zero attached hydrogens (tertiary/aromatic N) is 2. The molecule has 1 amide bonds. The first-order chi connectivity index (χ1) is 14.7. The maximum atomic E-state index is 14.8. The summed E-state index contributed by atoms with van der Waals surface area (Å²) in [6, 6.07) is 5.68. The Morgan fingerprint density at radius 2 is 1.77 bits per heavy atom. The molecule has 0 aliphatic carbocycles. The number of sulfonamides is 1. The molecule has 6 nitrogen and oxygen atoms in total. The third-order valence-corrected chi connectivity index (χ3v) is 8.15. The van der Waals surface area contributed by atoms with E-state index >= 15 is 0 Å². The summed E-state index contributed by atoms with van der Waals surface area (Å²) in [7, 11) is -3.95. The molecule has 2 aromatic carbocycles. The molecule has 2 aromatic rings. The topological polar surface area (TPSA) is 66.9 Å². The first kappa shape index (κ1) is 22.5. The van der Waals surface area contributed by atoms with Gasteiger partial charge < -0.3 is 9.64 Å². The number of benzene rings is 2. The number of fused-ring (bicyclic) bond motifs is 1. The van der Waals surface area contributed by atoms with E-state index in [-0.39, 0.29) is 52.5 Å². The Morgan fingerprint density at radius 1 is 1.06 bits per heavy atom. The zero-order valence-electron chi connectivity index (χ0n) is 16.8. The van der Waals surface area contributed by atoms with Gasteiger partial charge in [0.05, 0.1) is 34.5 Å². The molecule has 0 unspecified atom stereocenters. The van der Waals surface area contributed by atoms with Crippen molar-refractivity contribution in [3.8, 4) is 0 Å². The minimum absolute atomic E-state index is 0.00979. The largest absolute Gasteiger partial charge is 0.379 e. The molecule has 4 rings (SSSR count). The Morgan fingerprint density at radius 3 is 2.48 bits per heavy atom. The number of carbonyl (C=O) groups excluding carboxylic acids is 1. The summed E-state index contributed by atoms with van der Waals surface area (Å²) in [5.41, 5.74) is 1.69. The highest BCUT2D eigenvalue weighted by Crippen LogP contribution is 2.36. The van der Waals surface area contributed by atoms with Gasteiger partial charge in [0.25, 0.3) is 5.91 Å². The van der Waals surface area contributed by atoms with E-state index in [2.05, 4.69) is 0 Å². The normalized spacial score (nSPS) is 17.5. The van der Waals surface area contributed by atoms with Gasteiger partial charge in [0.2, 0.25) is 10.0 Å². The van der Waals surface area contributed by atoms with Gasteiger partial charge in [-0.05, 0) is 49.1 Å². The van der Waals surface area contributed by atoms with Gasteiger partial charge in [-0.2, -0.15) is 4.31 Å². The van der Waals surface area contributed by atoms with Crippen molar-refractivity contribution < 1.29 is 22.3 Å². The number of hydrogen-bond donors (Lipinski definition) is 0. The molecule has 0 saturated carbocycles. The fourth-order valence-corrected chi connectivity index (χ4v) is 6.24. The maximum Gasteiger partial charge on any atom is 0.259 e. The third-order valence-electron chi connectivity index (χ3n) is 5.47. The Bertz CT molecular complexity index is 1150. The lowest BCUT2D eigenvalue weighted by molar-refractivity contribution is 0.0730. The third kappa shape index (κ3) is 4.19. The highest BCUT2D eigenvalue weighted by atomic mass is 35.5. The molecule has 1 fully saturated rings. The molecular weight excluding hydrogens is 466 g/mol. The van der Waals surface area contributed by atoms with Gasteiger partial charge >= 0.3 is 0 Å². The number of hydrogen-bond acceptors (Lipinski definition) is 4. The van der Waals surface area contributed by atoms with Gasteiger partial charge in [-0.25, -0.2) is 12.8 Å². The van der Waals surface area contributed by atoms with Gasteiger partial charge in [-0.1, -0.05) is 29.3 Å². The van der Waals surface area contributed by atoms with Crippen molar-refractivity contribution >= 4 is 44.8 Å². The number of rotatable bonds is 3. The van der Waals surface area contributed by atoms with Gasteiger partial charge in [-0.15, -0.1) is 0 Å². The van der Waals surface area contributed by atoms with Crippen LogP contribution in [0.2, 0.25) is 10.0 Å². The van der Waals surface area contributed by atoms with E-state index in [4.69, 9.17) is 27.9 Å². The van der Waals surface area contributed by atoms with E-state index in [0.717, 1.165) is 11.1 Å². The van der Waals surface area contributed by atoms with Crippen LogP contribution in [-0.2, 0) is 21.2 Å². The average molecular weight is 487 g/mol. The van der Waals surface area contributed by atoms with Crippen LogP contribution in [-0.4, -0.2) is 51.5 Å². The summed E-state index contributed by atoms with van der Waals surface area (Å²) in [6.45, 7) is 3.03. The second-order valence-corrected chi connectivity index (χ2v) is 10.3. The lowest BCUT2D eigenvalue weighted by Gasteiger charge is -2.31. The van der Waals surface area contributed by atoms with E-state index in [1.54, 1.807) is 6.92 Å². The van der Waals surface area contributed by atoms with Crippen LogP contribution in [0.15, 0.2) is 29.2 Å². The number of ether oxygens (including phenoxy) is 1. The first-order valence-corrected chi connectivity index (χ1v) is 12.1. The van der Waals surface area contributed by atoms with E-state index < -0.39 is 21.7 Å². The summed E-state index contributed by atoms with van der Waals surface area (Å²) in [6.07, 6.45) is 1.31. The molecule has 0 N–H and O–H groups in total. The first-order valence-electron chi connectivity index (χ1n) is 9.88. The van der Waals surface area contributed by atoms with Gasteiger partial charge in [-0.3, -0.25) is 4.79 Å². The van der Waals surface area contributed by atoms with Gasteiger partial charge in [0.15, 0.2) is 0 Å². The summed E-state index contributed by atoms with van der Waals surface area (Å²) < 4.78 is 47.5. The molecule has 0 radical (unpaired) electrons. The van der Waals surface area contributed by atoms with Gasteiger partial charge in [0.1, 0.15) is 10.7 Å². The van der Waals surface area contributed by atoms with E-state index in [0.29, 0.717) is 19.4 Å². The van der Waals surface area contributed by atoms with Crippen molar-refractivity contribution in [2.75, 3.05) is 37.7 Å². The molecule has 0 spiro atoms. The second-order valence-electron chi connectivity index (χ2n) is 7.59. The van der Waals surface area contributed by atoms with Crippen LogP contribution in [0.25, 0.3) is 0 Å². The Kier molecular flexibility index (Phi) is 6.29. The van der Waals surface area contributed by atoms with Crippen LogP contribution >= 0.6 is 23.2 Å². The molecular formula is C21H21Cl2FN2O4S. The SMILES string of the molecule is Cc1cc(F)c2c(c1)CCCN2C(=O)c1cc(S(=O)(=O)N2CCOCC2)c(Cl)cc1Cl. The van der Waals surface area contributed by atoms with Crippen LogP contribution < -0.4 is 4.90 Å².